The van der Waals surface area contributed by atoms with Crippen LogP contribution < -0.4 is 10.6 Å². The predicted octanol–water partition coefficient (Wildman–Crippen LogP) is 2.82. The van der Waals surface area contributed by atoms with Crippen LogP contribution in [-0.4, -0.2) is 36.5 Å². The molecule has 0 saturated heterocycles. The van der Waals surface area contributed by atoms with Gasteiger partial charge in [-0.05, 0) is 41.5 Å². The maximum Gasteiger partial charge on any atom is 0.407 e. The minimum atomic E-state index is -0.497. The molecule has 0 rings (SSSR count). The molecule has 0 bridgehead atoms. The normalized spacial score (nSPS) is 11.0. The van der Waals surface area contributed by atoms with Crippen LogP contribution in [0.5, 0.6) is 0 Å². The van der Waals surface area contributed by atoms with Gasteiger partial charge in [-0.25, -0.2) is 9.59 Å². The molecular formula is C16H28N2O4. The highest BCUT2D eigenvalue weighted by Crippen LogP contribution is 2.06. The summed E-state index contributed by atoms with van der Waals surface area (Å²) in [7, 11) is 0. The van der Waals surface area contributed by atoms with Crippen molar-refractivity contribution in [1.82, 2.24) is 10.6 Å². The summed E-state index contributed by atoms with van der Waals surface area (Å²) in [4.78, 5) is 22.7. The molecule has 0 aromatic rings. The summed E-state index contributed by atoms with van der Waals surface area (Å²) < 4.78 is 10.2. The molecule has 0 spiro atoms. The van der Waals surface area contributed by atoms with E-state index in [1.807, 2.05) is 41.5 Å². The number of ether oxygens (including phenoxy) is 2. The van der Waals surface area contributed by atoms with E-state index in [2.05, 4.69) is 22.5 Å². The summed E-state index contributed by atoms with van der Waals surface area (Å²) in [5, 5.41) is 5.24. The van der Waals surface area contributed by atoms with Crippen molar-refractivity contribution in [2.45, 2.75) is 65.6 Å². The van der Waals surface area contributed by atoms with Gasteiger partial charge in [-0.1, -0.05) is 0 Å². The molecule has 22 heavy (non-hydrogen) atoms. The second-order valence-corrected chi connectivity index (χ2v) is 6.71. The summed E-state index contributed by atoms with van der Waals surface area (Å²) in [5.74, 6) is 5.83. The molecule has 0 radical (unpaired) electrons. The average molecular weight is 312 g/mol. The molecule has 126 valence electrons. The molecule has 2 N–H and O–H groups in total. The first-order chi connectivity index (χ1) is 9.99. The lowest BCUT2D eigenvalue weighted by Gasteiger charge is -2.19. The summed E-state index contributed by atoms with van der Waals surface area (Å²) in [6, 6.07) is 0. The van der Waals surface area contributed by atoms with E-state index in [-0.39, 0.29) is 0 Å². The molecule has 0 atom stereocenters. The van der Waals surface area contributed by atoms with Crippen molar-refractivity contribution in [3.63, 3.8) is 0 Å². The maximum absolute atomic E-state index is 11.3. The number of carbonyl (C=O) groups is 2. The number of rotatable bonds is 4. The first-order valence-electron chi connectivity index (χ1n) is 7.39. The van der Waals surface area contributed by atoms with Crippen LogP contribution in [-0.2, 0) is 9.47 Å². The molecule has 6 heteroatoms. The highest BCUT2D eigenvalue weighted by atomic mass is 16.6. The number of nitrogens with one attached hydrogen (secondary N) is 2. The van der Waals surface area contributed by atoms with Crippen molar-refractivity contribution in [2.75, 3.05) is 13.1 Å². The molecule has 0 aromatic heterocycles. The lowest BCUT2D eigenvalue weighted by molar-refractivity contribution is 0.0517. The number of hydrogen-bond donors (Lipinski definition) is 2. The predicted molar refractivity (Wildman–Crippen MR) is 85.5 cm³/mol. The van der Waals surface area contributed by atoms with Gasteiger partial charge < -0.3 is 20.1 Å². The average Bonchev–Trinajstić information content (AvgIpc) is 2.27. The van der Waals surface area contributed by atoms with Crippen molar-refractivity contribution in [1.29, 1.82) is 0 Å². The van der Waals surface area contributed by atoms with Gasteiger partial charge in [0.15, 0.2) is 0 Å². The molecule has 0 aliphatic rings. The maximum atomic E-state index is 11.3. The van der Waals surface area contributed by atoms with Crippen molar-refractivity contribution in [2.24, 2.45) is 0 Å². The second-order valence-electron chi connectivity index (χ2n) is 6.71. The van der Waals surface area contributed by atoms with E-state index in [1.165, 1.54) is 0 Å². The monoisotopic (exact) mass is 312 g/mol. The van der Waals surface area contributed by atoms with Gasteiger partial charge in [-0.3, -0.25) is 0 Å². The van der Waals surface area contributed by atoms with Gasteiger partial charge in [0.25, 0.3) is 0 Å². The molecule has 0 saturated carbocycles. The van der Waals surface area contributed by atoms with Gasteiger partial charge in [0, 0.05) is 25.9 Å². The molecule has 0 heterocycles. The van der Waals surface area contributed by atoms with Gasteiger partial charge in [0.2, 0.25) is 0 Å². The van der Waals surface area contributed by atoms with E-state index < -0.39 is 23.4 Å². The molecule has 6 nitrogen and oxygen atoms in total. The van der Waals surface area contributed by atoms with Crippen LogP contribution in [0, 0.1) is 11.8 Å². The number of hydrogen-bond acceptors (Lipinski definition) is 4. The minimum absolute atomic E-state index is 0.432. The van der Waals surface area contributed by atoms with Crippen LogP contribution in [0.4, 0.5) is 9.59 Å². The van der Waals surface area contributed by atoms with E-state index in [0.717, 1.165) is 0 Å². The van der Waals surface area contributed by atoms with Crippen molar-refractivity contribution < 1.29 is 19.1 Å². The third-order valence-electron chi connectivity index (χ3n) is 1.96. The molecular weight excluding hydrogens is 284 g/mol. The number of carbonyl (C=O) groups excluding carboxylic acids is 2. The largest absolute Gasteiger partial charge is 0.444 e. The Morgan fingerprint density at radius 1 is 0.773 bits per heavy atom. The Morgan fingerprint density at radius 2 is 1.09 bits per heavy atom. The summed E-state index contributed by atoms with van der Waals surface area (Å²) in [6.45, 7) is 11.7. The summed E-state index contributed by atoms with van der Waals surface area (Å²) in [6.07, 6.45) is 0.180. The molecule has 0 unspecified atom stereocenters. The summed E-state index contributed by atoms with van der Waals surface area (Å²) in [5.41, 5.74) is -0.994. The molecule has 0 aromatic carbocycles. The molecule has 2 amide bonds. The Balaban J connectivity index is 3.66. The van der Waals surface area contributed by atoms with Crippen LogP contribution in [0.1, 0.15) is 54.4 Å². The van der Waals surface area contributed by atoms with Gasteiger partial charge in [0.1, 0.15) is 11.2 Å². The molecule has 0 fully saturated rings. The summed E-state index contributed by atoms with van der Waals surface area (Å²) >= 11 is 0. The van der Waals surface area contributed by atoms with Crippen LogP contribution >= 0.6 is 0 Å². The van der Waals surface area contributed by atoms with Gasteiger partial charge in [-0.2, -0.15) is 0 Å². The van der Waals surface area contributed by atoms with E-state index >= 15 is 0 Å². The van der Waals surface area contributed by atoms with E-state index in [9.17, 15) is 9.59 Å². The lowest BCUT2D eigenvalue weighted by atomic mass is 10.2. The van der Waals surface area contributed by atoms with Crippen molar-refractivity contribution in [3.8, 4) is 11.8 Å². The van der Waals surface area contributed by atoms with E-state index in [1.54, 1.807) is 0 Å². The Bertz CT molecular complexity index is 384. The van der Waals surface area contributed by atoms with Gasteiger partial charge >= 0.3 is 12.2 Å². The first-order valence-corrected chi connectivity index (χ1v) is 7.39. The zero-order chi connectivity index (χ0) is 17.2. The minimum Gasteiger partial charge on any atom is -0.444 e. The smallest absolute Gasteiger partial charge is 0.407 e. The highest BCUT2D eigenvalue weighted by molar-refractivity contribution is 5.68. The lowest BCUT2D eigenvalue weighted by Crippen LogP contribution is -2.33. The Labute approximate surface area is 133 Å². The van der Waals surface area contributed by atoms with Crippen molar-refractivity contribution >= 4 is 12.2 Å². The quantitative estimate of drug-likeness (QED) is 0.618. The zero-order valence-corrected chi connectivity index (χ0v) is 14.5. The van der Waals surface area contributed by atoms with Crippen molar-refractivity contribution in [3.05, 3.63) is 0 Å². The Hall–Kier alpha value is -1.90. The van der Waals surface area contributed by atoms with E-state index in [0.29, 0.717) is 25.9 Å². The third-order valence-corrected chi connectivity index (χ3v) is 1.96. The third kappa shape index (κ3) is 14.5. The highest BCUT2D eigenvalue weighted by Gasteiger charge is 2.15. The number of alkyl carbamates (subject to hydrolysis) is 2. The van der Waals surface area contributed by atoms with Gasteiger partial charge in [-0.15, -0.1) is 11.8 Å². The molecule has 0 aliphatic heterocycles. The Kier molecular flexibility index (Phi) is 8.39. The van der Waals surface area contributed by atoms with Crippen LogP contribution in [0.15, 0.2) is 0 Å². The fourth-order valence-corrected chi connectivity index (χ4v) is 1.26. The van der Waals surface area contributed by atoms with Crippen LogP contribution in [0.2, 0.25) is 0 Å². The second kappa shape index (κ2) is 9.19. The topological polar surface area (TPSA) is 76.7 Å². The first kappa shape index (κ1) is 20.1. The SMILES string of the molecule is CC(C)(C)OC(=O)NCCC#CCCNC(=O)OC(C)(C)C. The molecule has 0 aliphatic carbocycles. The Morgan fingerprint density at radius 3 is 1.36 bits per heavy atom. The van der Waals surface area contributed by atoms with Crippen LogP contribution in [0.25, 0.3) is 0 Å². The van der Waals surface area contributed by atoms with Crippen LogP contribution in [0.3, 0.4) is 0 Å². The fourth-order valence-electron chi connectivity index (χ4n) is 1.26. The number of amides is 2. The van der Waals surface area contributed by atoms with Gasteiger partial charge in [0.05, 0.1) is 0 Å². The fraction of sp³-hybridized carbons (Fsp3) is 0.750. The zero-order valence-electron chi connectivity index (χ0n) is 14.5. The van der Waals surface area contributed by atoms with E-state index in [4.69, 9.17) is 9.47 Å². The standard InChI is InChI=1S/C16H28N2O4/c1-15(2,3)21-13(19)17-11-9-7-8-10-12-18-14(20)22-16(4,5)6/h9-12H2,1-6H3,(H,17,19)(H,18,20).